The molecule has 0 heterocycles. The second-order valence-corrected chi connectivity index (χ2v) is 7.32. The lowest BCUT2D eigenvalue weighted by molar-refractivity contribution is -0.136. The summed E-state index contributed by atoms with van der Waals surface area (Å²) < 4.78 is 24.9. The third-order valence-corrected chi connectivity index (χ3v) is 4.70. The van der Waals surface area contributed by atoms with E-state index < -0.39 is 23.6 Å². The van der Waals surface area contributed by atoms with Gasteiger partial charge in [0.2, 0.25) is 0 Å². The Morgan fingerprint density at radius 2 is 1.67 bits per heavy atom. The van der Waals surface area contributed by atoms with Crippen LogP contribution in [0.4, 0.5) is 10.1 Å². The molecule has 33 heavy (non-hydrogen) atoms. The van der Waals surface area contributed by atoms with Gasteiger partial charge in [-0.1, -0.05) is 40.2 Å². The van der Waals surface area contributed by atoms with Gasteiger partial charge in [0, 0.05) is 10.0 Å². The first kappa shape index (κ1) is 23.6. The summed E-state index contributed by atoms with van der Waals surface area (Å²) >= 11 is 3.10. The minimum Gasteiger partial charge on any atom is -0.496 e. The molecular weight excluding hydrogens is 497 g/mol. The highest BCUT2D eigenvalue weighted by Gasteiger charge is 2.17. The van der Waals surface area contributed by atoms with Gasteiger partial charge < -0.3 is 14.8 Å². The number of ether oxygens (including phenoxy) is 2. The minimum atomic E-state index is -1.11. The molecule has 0 spiro atoms. The van der Waals surface area contributed by atoms with Crippen LogP contribution in [0, 0.1) is 5.82 Å². The van der Waals surface area contributed by atoms with E-state index in [0.29, 0.717) is 15.8 Å². The van der Waals surface area contributed by atoms with Crippen molar-refractivity contribution in [2.75, 3.05) is 12.4 Å². The number of hydrogen-bond donors (Lipinski definition) is 2. The molecule has 3 aromatic rings. The van der Waals surface area contributed by atoms with E-state index in [0.717, 1.165) is 6.07 Å². The molecule has 0 fully saturated rings. The van der Waals surface area contributed by atoms with Gasteiger partial charge in [0.1, 0.15) is 22.9 Å². The molecule has 0 aromatic heterocycles. The standard InChI is InChI=1S/C23H17BrFN3O5/c1-32-20-9-5-3-7-16(20)23(31)33-19-8-4-2-6-14(19)13-26-28-22(30)21(29)27-18-11-10-15(24)12-17(18)25/h2-13H,1H3,(H,27,29)(H,28,30)/b26-13+. The number of halogens is 2. The van der Waals surface area contributed by atoms with E-state index in [1.165, 1.54) is 25.5 Å². The molecule has 0 aliphatic rings. The Hall–Kier alpha value is -4.05. The van der Waals surface area contributed by atoms with Crippen LogP contribution in [0.25, 0.3) is 0 Å². The molecule has 0 atom stereocenters. The zero-order valence-corrected chi connectivity index (χ0v) is 18.8. The SMILES string of the molecule is COc1ccccc1C(=O)Oc1ccccc1/C=N/NC(=O)C(=O)Nc1ccc(Br)cc1F. The Kier molecular flexibility index (Phi) is 7.87. The summed E-state index contributed by atoms with van der Waals surface area (Å²) in [4.78, 5) is 36.5. The van der Waals surface area contributed by atoms with Crippen LogP contribution >= 0.6 is 15.9 Å². The van der Waals surface area contributed by atoms with Gasteiger partial charge in [-0.2, -0.15) is 5.10 Å². The smallest absolute Gasteiger partial charge is 0.347 e. The van der Waals surface area contributed by atoms with Crippen LogP contribution in [0.5, 0.6) is 11.5 Å². The molecule has 0 saturated carbocycles. The number of carbonyl (C=O) groups is 3. The van der Waals surface area contributed by atoms with Gasteiger partial charge in [-0.05, 0) is 42.5 Å². The van der Waals surface area contributed by atoms with E-state index in [9.17, 15) is 18.8 Å². The number of methoxy groups -OCH3 is 1. The normalized spacial score (nSPS) is 10.5. The van der Waals surface area contributed by atoms with Gasteiger partial charge in [-0.15, -0.1) is 0 Å². The largest absolute Gasteiger partial charge is 0.496 e. The molecule has 10 heteroatoms. The predicted octanol–water partition coefficient (Wildman–Crippen LogP) is 3.90. The van der Waals surface area contributed by atoms with E-state index in [1.807, 2.05) is 5.43 Å². The molecule has 0 saturated heterocycles. The summed E-state index contributed by atoms with van der Waals surface area (Å²) in [5, 5.41) is 5.86. The molecule has 2 amide bonds. The van der Waals surface area contributed by atoms with Crippen molar-refractivity contribution in [1.29, 1.82) is 0 Å². The average molecular weight is 514 g/mol. The Bertz CT molecular complexity index is 1230. The summed E-state index contributed by atoms with van der Waals surface area (Å²) in [6, 6.07) is 17.0. The number of hydrogen-bond acceptors (Lipinski definition) is 6. The second kappa shape index (κ2) is 11.0. The Morgan fingerprint density at radius 1 is 0.970 bits per heavy atom. The lowest BCUT2D eigenvalue weighted by Gasteiger charge is -2.10. The summed E-state index contributed by atoms with van der Waals surface area (Å²) in [5.41, 5.74) is 2.48. The predicted molar refractivity (Wildman–Crippen MR) is 123 cm³/mol. The lowest BCUT2D eigenvalue weighted by atomic mass is 10.2. The Balaban J connectivity index is 1.65. The summed E-state index contributed by atoms with van der Waals surface area (Å²) in [6.45, 7) is 0. The van der Waals surface area contributed by atoms with Crippen LogP contribution in [-0.4, -0.2) is 31.1 Å². The van der Waals surface area contributed by atoms with Gasteiger partial charge in [-0.3, -0.25) is 9.59 Å². The van der Waals surface area contributed by atoms with Crippen LogP contribution in [0.1, 0.15) is 15.9 Å². The lowest BCUT2D eigenvalue weighted by Crippen LogP contribution is -2.32. The molecule has 0 bridgehead atoms. The highest BCUT2D eigenvalue weighted by molar-refractivity contribution is 9.10. The van der Waals surface area contributed by atoms with Crippen molar-refractivity contribution in [3.8, 4) is 11.5 Å². The zero-order chi connectivity index (χ0) is 23.8. The maximum atomic E-state index is 13.8. The fraction of sp³-hybridized carbons (Fsp3) is 0.0435. The molecule has 0 radical (unpaired) electrons. The van der Waals surface area contributed by atoms with Crippen molar-refractivity contribution in [3.05, 3.63) is 88.1 Å². The monoisotopic (exact) mass is 513 g/mol. The first-order chi connectivity index (χ1) is 15.9. The highest BCUT2D eigenvalue weighted by Crippen LogP contribution is 2.22. The van der Waals surface area contributed by atoms with Crippen molar-refractivity contribution < 1.29 is 28.2 Å². The third-order valence-electron chi connectivity index (χ3n) is 4.20. The fourth-order valence-corrected chi connectivity index (χ4v) is 2.96. The number of anilines is 1. The number of nitrogens with one attached hydrogen (secondary N) is 2. The van der Waals surface area contributed by atoms with Crippen LogP contribution < -0.4 is 20.2 Å². The van der Waals surface area contributed by atoms with E-state index >= 15 is 0 Å². The fourth-order valence-electron chi connectivity index (χ4n) is 2.63. The van der Waals surface area contributed by atoms with E-state index in [2.05, 4.69) is 26.3 Å². The van der Waals surface area contributed by atoms with Gasteiger partial charge >= 0.3 is 17.8 Å². The maximum Gasteiger partial charge on any atom is 0.347 e. The van der Waals surface area contributed by atoms with Crippen molar-refractivity contribution in [2.24, 2.45) is 5.10 Å². The van der Waals surface area contributed by atoms with Gasteiger partial charge in [0.25, 0.3) is 0 Å². The number of hydrazone groups is 1. The third kappa shape index (κ3) is 6.23. The molecule has 0 unspecified atom stereocenters. The number of carbonyl (C=O) groups excluding carboxylic acids is 3. The average Bonchev–Trinajstić information content (AvgIpc) is 2.81. The molecule has 0 aliphatic heterocycles. The summed E-state index contributed by atoms with van der Waals surface area (Å²) in [7, 11) is 1.44. The molecule has 3 rings (SSSR count). The number of esters is 1. The Morgan fingerprint density at radius 3 is 2.39 bits per heavy atom. The molecule has 2 N–H and O–H groups in total. The van der Waals surface area contributed by atoms with Crippen molar-refractivity contribution >= 4 is 45.6 Å². The van der Waals surface area contributed by atoms with Crippen LogP contribution in [-0.2, 0) is 9.59 Å². The quantitative estimate of drug-likeness (QED) is 0.171. The number of benzene rings is 3. The van der Waals surface area contributed by atoms with Crippen LogP contribution in [0.3, 0.4) is 0 Å². The number of rotatable bonds is 6. The van der Waals surface area contributed by atoms with E-state index in [-0.39, 0.29) is 17.0 Å². The maximum absolute atomic E-state index is 13.8. The number of nitrogens with zero attached hydrogens (tertiary/aromatic N) is 1. The van der Waals surface area contributed by atoms with Gasteiger partial charge in [-0.25, -0.2) is 14.6 Å². The first-order valence-corrected chi connectivity index (χ1v) is 10.2. The molecular formula is C23H17BrFN3O5. The topological polar surface area (TPSA) is 106 Å². The highest BCUT2D eigenvalue weighted by atomic mass is 79.9. The van der Waals surface area contributed by atoms with Crippen LogP contribution in [0.15, 0.2) is 76.3 Å². The van der Waals surface area contributed by atoms with Gasteiger partial charge in [0.15, 0.2) is 0 Å². The number of para-hydroxylation sites is 2. The molecule has 0 aliphatic carbocycles. The summed E-state index contributed by atoms with van der Waals surface area (Å²) in [6.07, 6.45) is 1.20. The second-order valence-electron chi connectivity index (χ2n) is 6.41. The molecule has 168 valence electrons. The summed E-state index contributed by atoms with van der Waals surface area (Å²) in [5.74, 6) is -3.05. The van der Waals surface area contributed by atoms with Gasteiger partial charge in [0.05, 0.1) is 19.0 Å². The Labute approximate surface area is 196 Å². The minimum absolute atomic E-state index is 0.157. The molecule has 3 aromatic carbocycles. The number of amides is 2. The van der Waals surface area contributed by atoms with E-state index in [4.69, 9.17) is 9.47 Å². The van der Waals surface area contributed by atoms with E-state index in [1.54, 1.807) is 48.5 Å². The van der Waals surface area contributed by atoms with Crippen molar-refractivity contribution in [3.63, 3.8) is 0 Å². The van der Waals surface area contributed by atoms with Crippen molar-refractivity contribution in [2.45, 2.75) is 0 Å². The zero-order valence-electron chi connectivity index (χ0n) is 17.2. The van der Waals surface area contributed by atoms with Crippen LogP contribution in [0.2, 0.25) is 0 Å². The molecule has 8 nitrogen and oxygen atoms in total. The first-order valence-electron chi connectivity index (χ1n) is 9.42. The van der Waals surface area contributed by atoms with Crippen molar-refractivity contribution in [1.82, 2.24) is 5.43 Å².